The summed E-state index contributed by atoms with van der Waals surface area (Å²) >= 11 is 0. The van der Waals surface area contributed by atoms with Gasteiger partial charge in [0.25, 0.3) is 0 Å². The first kappa shape index (κ1) is 13.9. The van der Waals surface area contributed by atoms with Gasteiger partial charge in [0.05, 0.1) is 11.2 Å². The van der Waals surface area contributed by atoms with Crippen molar-refractivity contribution in [3.05, 3.63) is 0 Å². The zero-order valence-electron chi connectivity index (χ0n) is 10.6. The van der Waals surface area contributed by atoms with Crippen molar-refractivity contribution in [3.63, 3.8) is 0 Å². The van der Waals surface area contributed by atoms with E-state index in [0.29, 0.717) is 0 Å². The molecule has 0 aromatic heterocycles. The third kappa shape index (κ3) is 6.39. The Balaban J connectivity index is 3.57. The number of unbranched alkanes of at least 4 members (excludes halogenated alkanes) is 1. The average molecular weight is 202 g/mol. The van der Waals surface area contributed by atoms with Gasteiger partial charge in [0.1, 0.15) is 0 Å². The summed E-state index contributed by atoms with van der Waals surface area (Å²) in [5.74, 6) is 0. The Kier molecular flexibility index (Phi) is 5.68. The van der Waals surface area contributed by atoms with E-state index in [4.69, 9.17) is 9.47 Å². The van der Waals surface area contributed by atoms with E-state index < -0.39 is 0 Å². The molecule has 0 N–H and O–H groups in total. The standard InChI is InChI=1S/C12H26O2/c1-11(2,13-5)9-7-8-10-12(3,4)14-6/h7-10H2,1-6H3. The number of rotatable bonds is 7. The lowest BCUT2D eigenvalue weighted by Gasteiger charge is -2.25. The summed E-state index contributed by atoms with van der Waals surface area (Å²) in [4.78, 5) is 0. The van der Waals surface area contributed by atoms with Gasteiger partial charge in [-0.25, -0.2) is 0 Å². The first-order valence-electron chi connectivity index (χ1n) is 5.43. The van der Waals surface area contributed by atoms with Crippen LogP contribution in [0.3, 0.4) is 0 Å². The maximum Gasteiger partial charge on any atom is 0.0622 e. The Hall–Kier alpha value is -0.0800. The minimum absolute atomic E-state index is 0.0250. The molecule has 0 spiro atoms. The molecule has 0 bridgehead atoms. The predicted octanol–water partition coefficient (Wildman–Crippen LogP) is 3.40. The van der Waals surface area contributed by atoms with Crippen LogP contribution in [0.4, 0.5) is 0 Å². The summed E-state index contributed by atoms with van der Waals surface area (Å²) < 4.78 is 10.7. The fourth-order valence-electron chi connectivity index (χ4n) is 1.31. The highest BCUT2D eigenvalue weighted by molar-refractivity contribution is 4.71. The van der Waals surface area contributed by atoms with Gasteiger partial charge in [0, 0.05) is 14.2 Å². The van der Waals surface area contributed by atoms with E-state index in [1.807, 2.05) is 0 Å². The molecule has 0 fully saturated rings. The Morgan fingerprint density at radius 1 is 0.714 bits per heavy atom. The second-order valence-electron chi connectivity index (χ2n) is 5.13. The van der Waals surface area contributed by atoms with Gasteiger partial charge in [-0.05, 0) is 40.5 Å². The van der Waals surface area contributed by atoms with Crippen LogP contribution >= 0.6 is 0 Å². The molecule has 0 aliphatic heterocycles. The number of ether oxygens (including phenoxy) is 2. The molecule has 2 nitrogen and oxygen atoms in total. The predicted molar refractivity (Wildman–Crippen MR) is 60.6 cm³/mol. The Labute approximate surface area is 89.0 Å². The minimum Gasteiger partial charge on any atom is -0.379 e. The van der Waals surface area contributed by atoms with Crippen LogP contribution in [0, 0.1) is 0 Å². The molecule has 0 unspecified atom stereocenters. The highest BCUT2D eigenvalue weighted by Crippen LogP contribution is 2.21. The first-order valence-corrected chi connectivity index (χ1v) is 5.43. The summed E-state index contributed by atoms with van der Waals surface area (Å²) in [6, 6.07) is 0. The Bertz CT molecular complexity index is 132. The fraction of sp³-hybridized carbons (Fsp3) is 1.00. The van der Waals surface area contributed by atoms with Crippen molar-refractivity contribution in [1.29, 1.82) is 0 Å². The highest BCUT2D eigenvalue weighted by Gasteiger charge is 2.18. The third-order valence-corrected chi connectivity index (χ3v) is 2.91. The zero-order chi connectivity index (χ0) is 11.2. The monoisotopic (exact) mass is 202 g/mol. The van der Waals surface area contributed by atoms with Crippen LogP contribution in [0.2, 0.25) is 0 Å². The van der Waals surface area contributed by atoms with E-state index in [-0.39, 0.29) is 11.2 Å². The maximum absolute atomic E-state index is 5.36. The molecule has 0 atom stereocenters. The lowest BCUT2D eigenvalue weighted by Crippen LogP contribution is -2.24. The highest BCUT2D eigenvalue weighted by atomic mass is 16.5. The van der Waals surface area contributed by atoms with Crippen molar-refractivity contribution >= 4 is 0 Å². The fourth-order valence-corrected chi connectivity index (χ4v) is 1.31. The molecule has 14 heavy (non-hydrogen) atoms. The van der Waals surface area contributed by atoms with Crippen molar-refractivity contribution in [3.8, 4) is 0 Å². The van der Waals surface area contributed by atoms with E-state index in [9.17, 15) is 0 Å². The molecule has 0 amide bonds. The Morgan fingerprint density at radius 2 is 1.00 bits per heavy atom. The van der Waals surface area contributed by atoms with E-state index in [0.717, 1.165) is 12.8 Å². The second-order valence-corrected chi connectivity index (χ2v) is 5.13. The summed E-state index contributed by atoms with van der Waals surface area (Å²) in [6.45, 7) is 8.53. The molecule has 0 saturated heterocycles. The molecule has 0 rings (SSSR count). The molecule has 0 aliphatic carbocycles. The SMILES string of the molecule is COC(C)(C)CCCCC(C)(C)OC. The van der Waals surface area contributed by atoms with Crippen LogP contribution in [0.25, 0.3) is 0 Å². The Morgan fingerprint density at radius 3 is 1.21 bits per heavy atom. The maximum atomic E-state index is 5.36. The van der Waals surface area contributed by atoms with E-state index in [1.54, 1.807) is 14.2 Å². The summed E-state index contributed by atoms with van der Waals surface area (Å²) in [5.41, 5.74) is 0.0500. The molecule has 0 aromatic carbocycles. The molecular formula is C12H26O2. The summed E-state index contributed by atoms with van der Waals surface area (Å²) in [6.07, 6.45) is 4.63. The molecule has 0 heterocycles. The molecule has 0 radical (unpaired) electrons. The van der Waals surface area contributed by atoms with Crippen LogP contribution in [-0.2, 0) is 9.47 Å². The summed E-state index contributed by atoms with van der Waals surface area (Å²) in [5, 5.41) is 0. The number of methoxy groups -OCH3 is 2. The van der Waals surface area contributed by atoms with Gasteiger partial charge in [0.15, 0.2) is 0 Å². The van der Waals surface area contributed by atoms with Gasteiger partial charge in [-0.1, -0.05) is 12.8 Å². The average Bonchev–Trinajstić information content (AvgIpc) is 2.13. The largest absolute Gasteiger partial charge is 0.379 e. The van der Waals surface area contributed by atoms with Crippen LogP contribution in [0.1, 0.15) is 53.4 Å². The number of hydrogen-bond donors (Lipinski definition) is 0. The molecule has 0 aromatic rings. The van der Waals surface area contributed by atoms with Gasteiger partial charge in [0.2, 0.25) is 0 Å². The topological polar surface area (TPSA) is 18.5 Å². The summed E-state index contributed by atoms with van der Waals surface area (Å²) in [7, 11) is 3.55. The quantitative estimate of drug-likeness (QED) is 0.589. The van der Waals surface area contributed by atoms with E-state index in [2.05, 4.69) is 27.7 Å². The normalized spacial score (nSPS) is 13.3. The smallest absolute Gasteiger partial charge is 0.0622 e. The van der Waals surface area contributed by atoms with Crippen LogP contribution in [-0.4, -0.2) is 25.4 Å². The minimum atomic E-state index is 0.0250. The van der Waals surface area contributed by atoms with Crippen molar-refractivity contribution in [2.75, 3.05) is 14.2 Å². The van der Waals surface area contributed by atoms with Gasteiger partial charge in [-0.2, -0.15) is 0 Å². The first-order chi connectivity index (χ1) is 6.33. The van der Waals surface area contributed by atoms with Crippen LogP contribution in [0.5, 0.6) is 0 Å². The number of hydrogen-bond acceptors (Lipinski definition) is 2. The molecule has 0 aliphatic rings. The van der Waals surface area contributed by atoms with E-state index >= 15 is 0 Å². The molecular weight excluding hydrogens is 176 g/mol. The second kappa shape index (κ2) is 5.72. The van der Waals surface area contributed by atoms with Crippen LogP contribution in [0.15, 0.2) is 0 Å². The molecule has 0 saturated carbocycles. The van der Waals surface area contributed by atoms with Crippen LogP contribution < -0.4 is 0 Å². The molecule has 86 valence electrons. The lowest BCUT2D eigenvalue weighted by atomic mass is 9.96. The van der Waals surface area contributed by atoms with Crippen molar-refractivity contribution in [2.45, 2.75) is 64.6 Å². The van der Waals surface area contributed by atoms with E-state index in [1.165, 1.54) is 12.8 Å². The molecule has 2 heteroatoms. The van der Waals surface area contributed by atoms with Crippen molar-refractivity contribution in [1.82, 2.24) is 0 Å². The van der Waals surface area contributed by atoms with Crippen molar-refractivity contribution < 1.29 is 9.47 Å². The van der Waals surface area contributed by atoms with Gasteiger partial charge >= 0.3 is 0 Å². The zero-order valence-corrected chi connectivity index (χ0v) is 10.6. The van der Waals surface area contributed by atoms with Crippen molar-refractivity contribution in [2.24, 2.45) is 0 Å². The van der Waals surface area contributed by atoms with Gasteiger partial charge < -0.3 is 9.47 Å². The van der Waals surface area contributed by atoms with Gasteiger partial charge in [-0.3, -0.25) is 0 Å². The third-order valence-electron chi connectivity index (χ3n) is 2.91. The van der Waals surface area contributed by atoms with Gasteiger partial charge in [-0.15, -0.1) is 0 Å². The lowest BCUT2D eigenvalue weighted by molar-refractivity contribution is 0.00146.